The lowest BCUT2D eigenvalue weighted by Crippen LogP contribution is -2.38. The normalized spacial score (nSPS) is 15.0. The van der Waals surface area contributed by atoms with Gasteiger partial charge in [-0.1, -0.05) is 18.0 Å². The van der Waals surface area contributed by atoms with Crippen LogP contribution in [-0.4, -0.2) is 41.8 Å². The minimum atomic E-state index is -0.337. The number of likely N-dealkylation sites (tertiary alicyclic amines) is 1. The van der Waals surface area contributed by atoms with Crippen LogP contribution >= 0.6 is 11.6 Å². The van der Waals surface area contributed by atoms with Crippen LogP contribution in [0.4, 0.5) is 5.69 Å². The molecule has 7 heteroatoms. The van der Waals surface area contributed by atoms with E-state index in [2.05, 4.69) is 10.6 Å². The third kappa shape index (κ3) is 5.74. The number of benzene rings is 1. The van der Waals surface area contributed by atoms with Crippen molar-refractivity contribution in [3.8, 4) is 0 Å². The topological polar surface area (TPSA) is 78.5 Å². The molecule has 136 valence electrons. The van der Waals surface area contributed by atoms with E-state index < -0.39 is 0 Å². The summed E-state index contributed by atoms with van der Waals surface area (Å²) >= 11 is 6.00. The molecule has 0 aliphatic carbocycles. The summed E-state index contributed by atoms with van der Waals surface area (Å²) in [6, 6.07) is 4.69. The number of hydrogen-bond acceptors (Lipinski definition) is 3. The Hall–Kier alpha value is -2.08. The smallest absolute Gasteiger partial charge is 0.253 e. The lowest BCUT2D eigenvalue weighted by molar-refractivity contribution is -0.134. The van der Waals surface area contributed by atoms with Crippen LogP contribution in [0.3, 0.4) is 0 Å². The molecule has 3 amide bonds. The number of carbonyl (C=O) groups is 3. The molecule has 1 aliphatic rings. The minimum Gasteiger partial charge on any atom is -0.350 e. The molecule has 1 heterocycles. The van der Waals surface area contributed by atoms with Crippen LogP contribution in [0.2, 0.25) is 5.02 Å². The largest absolute Gasteiger partial charge is 0.350 e. The summed E-state index contributed by atoms with van der Waals surface area (Å²) in [6.45, 7) is 4.28. The van der Waals surface area contributed by atoms with Crippen molar-refractivity contribution in [3.05, 3.63) is 28.8 Å². The van der Waals surface area contributed by atoms with E-state index in [4.69, 9.17) is 11.6 Å². The molecule has 0 saturated carbocycles. The first kappa shape index (κ1) is 19.2. The number of anilines is 1. The van der Waals surface area contributed by atoms with Gasteiger partial charge in [0.15, 0.2) is 0 Å². The van der Waals surface area contributed by atoms with E-state index in [1.54, 1.807) is 23.1 Å². The average molecular weight is 366 g/mol. The zero-order chi connectivity index (χ0) is 18.4. The minimum absolute atomic E-state index is 0.00322. The highest BCUT2D eigenvalue weighted by Crippen LogP contribution is 2.21. The monoisotopic (exact) mass is 365 g/mol. The van der Waals surface area contributed by atoms with Gasteiger partial charge >= 0.3 is 0 Å². The Labute approximate surface area is 152 Å². The van der Waals surface area contributed by atoms with Gasteiger partial charge in [0.2, 0.25) is 11.8 Å². The van der Waals surface area contributed by atoms with Crippen molar-refractivity contribution < 1.29 is 14.4 Å². The Balaban J connectivity index is 2.10. The second-order valence-corrected chi connectivity index (χ2v) is 6.93. The molecule has 6 nitrogen and oxygen atoms in total. The SMILES string of the molecule is CC(C)NC(=O)c1ccc(Cl)cc1NC(=O)CN1CCCCCC1=O. The second-order valence-electron chi connectivity index (χ2n) is 6.49. The summed E-state index contributed by atoms with van der Waals surface area (Å²) in [5.41, 5.74) is 0.687. The van der Waals surface area contributed by atoms with Gasteiger partial charge < -0.3 is 15.5 Å². The van der Waals surface area contributed by atoms with Crippen molar-refractivity contribution in [1.29, 1.82) is 0 Å². The summed E-state index contributed by atoms with van der Waals surface area (Å²) in [6.07, 6.45) is 3.24. The molecule has 0 radical (unpaired) electrons. The van der Waals surface area contributed by atoms with Crippen LogP contribution in [0.1, 0.15) is 49.9 Å². The highest BCUT2D eigenvalue weighted by molar-refractivity contribution is 6.31. The highest BCUT2D eigenvalue weighted by atomic mass is 35.5. The van der Waals surface area contributed by atoms with Gasteiger partial charge in [-0.2, -0.15) is 0 Å². The fraction of sp³-hybridized carbons (Fsp3) is 0.500. The Kier molecular flexibility index (Phi) is 6.82. The average Bonchev–Trinajstić information content (AvgIpc) is 2.71. The van der Waals surface area contributed by atoms with Crippen LogP contribution in [0.25, 0.3) is 0 Å². The van der Waals surface area contributed by atoms with Gasteiger partial charge in [-0.3, -0.25) is 14.4 Å². The molecule has 0 bridgehead atoms. The van der Waals surface area contributed by atoms with Gasteiger partial charge in [-0.25, -0.2) is 0 Å². The molecule has 25 heavy (non-hydrogen) atoms. The molecule has 2 rings (SSSR count). The van der Waals surface area contributed by atoms with Crippen LogP contribution in [-0.2, 0) is 9.59 Å². The van der Waals surface area contributed by atoms with Gasteiger partial charge in [0, 0.05) is 24.0 Å². The Bertz CT molecular complexity index is 661. The summed E-state index contributed by atoms with van der Waals surface area (Å²) in [5, 5.41) is 5.93. The van der Waals surface area contributed by atoms with Crippen LogP contribution in [0.5, 0.6) is 0 Å². The number of amides is 3. The van der Waals surface area contributed by atoms with Crippen molar-refractivity contribution in [3.63, 3.8) is 0 Å². The molecule has 1 aromatic carbocycles. The van der Waals surface area contributed by atoms with E-state index in [0.29, 0.717) is 29.2 Å². The zero-order valence-electron chi connectivity index (χ0n) is 14.6. The molecule has 1 saturated heterocycles. The van der Waals surface area contributed by atoms with Crippen molar-refractivity contribution in [1.82, 2.24) is 10.2 Å². The highest BCUT2D eigenvalue weighted by Gasteiger charge is 2.21. The number of nitrogens with zero attached hydrogens (tertiary/aromatic N) is 1. The summed E-state index contributed by atoms with van der Waals surface area (Å²) in [5.74, 6) is -0.625. The molecule has 0 unspecified atom stereocenters. The standard InChI is InChI=1S/C18H24ClN3O3/c1-12(2)20-18(25)14-8-7-13(19)10-15(14)21-16(23)11-22-9-5-3-4-6-17(22)24/h7-8,10,12H,3-6,9,11H2,1-2H3,(H,20,25)(H,21,23). The predicted octanol–water partition coefficient (Wildman–Crippen LogP) is 2.82. The third-order valence-electron chi connectivity index (χ3n) is 3.93. The van der Waals surface area contributed by atoms with Gasteiger partial charge in [0.05, 0.1) is 17.8 Å². The summed E-state index contributed by atoms with van der Waals surface area (Å²) < 4.78 is 0. The Morgan fingerprint density at radius 2 is 2.00 bits per heavy atom. The van der Waals surface area contributed by atoms with Gasteiger partial charge in [0.1, 0.15) is 0 Å². The Morgan fingerprint density at radius 1 is 1.24 bits per heavy atom. The summed E-state index contributed by atoms with van der Waals surface area (Å²) in [4.78, 5) is 38.2. The first-order chi connectivity index (χ1) is 11.9. The molecule has 1 aliphatic heterocycles. The van der Waals surface area contributed by atoms with Crippen molar-refractivity contribution in [2.24, 2.45) is 0 Å². The molecule has 0 atom stereocenters. The number of carbonyl (C=O) groups excluding carboxylic acids is 3. The van der Waals surface area contributed by atoms with Crippen LogP contribution in [0.15, 0.2) is 18.2 Å². The van der Waals surface area contributed by atoms with E-state index >= 15 is 0 Å². The molecule has 0 aromatic heterocycles. The van der Waals surface area contributed by atoms with Crippen LogP contribution < -0.4 is 10.6 Å². The van der Waals surface area contributed by atoms with E-state index in [-0.39, 0.29) is 30.3 Å². The van der Waals surface area contributed by atoms with Crippen LogP contribution in [0, 0.1) is 0 Å². The predicted molar refractivity (Wildman–Crippen MR) is 97.7 cm³/mol. The summed E-state index contributed by atoms with van der Waals surface area (Å²) in [7, 11) is 0. The second kappa shape index (κ2) is 8.85. The van der Waals surface area contributed by atoms with Crippen molar-refractivity contribution in [2.45, 2.75) is 45.6 Å². The molecule has 2 N–H and O–H groups in total. The molecular formula is C18H24ClN3O3. The number of nitrogens with one attached hydrogen (secondary N) is 2. The van der Waals surface area contributed by atoms with Gasteiger partial charge in [-0.15, -0.1) is 0 Å². The number of halogens is 1. The maximum Gasteiger partial charge on any atom is 0.253 e. The number of rotatable bonds is 5. The quantitative estimate of drug-likeness (QED) is 0.842. The van der Waals surface area contributed by atoms with E-state index in [9.17, 15) is 14.4 Å². The first-order valence-corrected chi connectivity index (χ1v) is 8.92. The fourth-order valence-corrected chi connectivity index (χ4v) is 2.90. The molecule has 1 aromatic rings. The lowest BCUT2D eigenvalue weighted by atomic mass is 10.1. The van der Waals surface area contributed by atoms with Gasteiger partial charge in [0.25, 0.3) is 5.91 Å². The van der Waals surface area contributed by atoms with E-state index in [0.717, 1.165) is 19.3 Å². The van der Waals surface area contributed by atoms with E-state index in [1.165, 1.54) is 0 Å². The molecular weight excluding hydrogens is 342 g/mol. The maximum absolute atomic E-state index is 12.4. The number of hydrogen-bond donors (Lipinski definition) is 2. The molecule has 0 spiro atoms. The van der Waals surface area contributed by atoms with Crippen molar-refractivity contribution in [2.75, 3.05) is 18.4 Å². The third-order valence-corrected chi connectivity index (χ3v) is 4.16. The molecule has 1 fully saturated rings. The maximum atomic E-state index is 12.4. The lowest BCUT2D eigenvalue weighted by Gasteiger charge is -2.20. The first-order valence-electron chi connectivity index (χ1n) is 8.55. The van der Waals surface area contributed by atoms with Gasteiger partial charge in [-0.05, 0) is 44.9 Å². The van der Waals surface area contributed by atoms with Crippen molar-refractivity contribution >= 4 is 35.0 Å². The zero-order valence-corrected chi connectivity index (χ0v) is 15.4. The Morgan fingerprint density at radius 3 is 2.72 bits per heavy atom. The van der Waals surface area contributed by atoms with E-state index in [1.807, 2.05) is 13.8 Å². The fourth-order valence-electron chi connectivity index (χ4n) is 2.73.